The summed E-state index contributed by atoms with van der Waals surface area (Å²) in [5.41, 5.74) is 15.7. The third-order valence-electron chi connectivity index (χ3n) is 5.09. The number of halogens is 1. The van der Waals surface area contributed by atoms with Crippen molar-refractivity contribution >= 4 is 34.6 Å². The van der Waals surface area contributed by atoms with Crippen molar-refractivity contribution in [1.82, 2.24) is 24.9 Å². The maximum atomic E-state index is 6.11. The molecule has 35 heavy (non-hydrogen) atoms. The van der Waals surface area contributed by atoms with Crippen LogP contribution in [-0.4, -0.2) is 24.9 Å². The largest absolute Gasteiger partial charge is 0.384 e. The lowest BCUT2D eigenvalue weighted by molar-refractivity contribution is 0.366. The van der Waals surface area contributed by atoms with E-state index in [9.17, 15) is 0 Å². The third-order valence-corrected chi connectivity index (χ3v) is 5.34. The highest BCUT2D eigenvalue weighted by Crippen LogP contribution is 2.31. The minimum atomic E-state index is 0.199. The lowest BCUT2D eigenvalue weighted by atomic mass is 10.1. The van der Waals surface area contributed by atoms with Gasteiger partial charge in [0, 0.05) is 23.2 Å². The standard InChI is InChI=1S/C24H20ClN9O/c25-18-6-8-19(9-7-18)31-32-22-17(11-20(26)29-23(22)27)10-15-12-28-34(13-15)14-21-30-24(33-35-21)16-4-2-1-3-5-16/h1-9,11-13H,10,14H2,(H4,26,27,29). The smallest absolute Gasteiger partial charge is 0.248 e. The number of nitrogen functional groups attached to an aromatic ring is 2. The molecule has 3 heterocycles. The molecule has 3 aromatic heterocycles. The fourth-order valence-corrected chi connectivity index (χ4v) is 3.59. The predicted octanol–water partition coefficient (Wildman–Crippen LogP) is 5.20. The molecule has 4 N–H and O–H groups in total. The van der Waals surface area contributed by atoms with Gasteiger partial charge in [-0.1, -0.05) is 47.1 Å². The zero-order valence-electron chi connectivity index (χ0n) is 18.4. The van der Waals surface area contributed by atoms with Gasteiger partial charge in [0.2, 0.25) is 11.7 Å². The van der Waals surface area contributed by atoms with E-state index < -0.39 is 0 Å². The van der Waals surface area contributed by atoms with Crippen molar-refractivity contribution < 1.29 is 4.52 Å². The summed E-state index contributed by atoms with van der Waals surface area (Å²) in [4.78, 5) is 8.57. The van der Waals surface area contributed by atoms with Crippen molar-refractivity contribution in [2.45, 2.75) is 13.0 Å². The fraction of sp³-hybridized carbons (Fsp3) is 0.0833. The van der Waals surface area contributed by atoms with Gasteiger partial charge in [-0.2, -0.15) is 15.2 Å². The van der Waals surface area contributed by atoms with E-state index in [1.807, 2.05) is 36.5 Å². The first-order valence-corrected chi connectivity index (χ1v) is 11.0. The molecule has 0 aliphatic rings. The molecule has 0 saturated heterocycles. The molecular formula is C24H20ClN9O. The first-order chi connectivity index (χ1) is 17.0. The van der Waals surface area contributed by atoms with Crippen LogP contribution in [0.5, 0.6) is 0 Å². The summed E-state index contributed by atoms with van der Waals surface area (Å²) in [6.07, 6.45) is 4.12. The average molecular weight is 486 g/mol. The third kappa shape index (κ3) is 5.33. The van der Waals surface area contributed by atoms with Gasteiger partial charge in [0.15, 0.2) is 5.82 Å². The Balaban J connectivity index is 1.33. The SMILES string of the molecule is Nc1cc(Cc2cnn(Cc3nc(-c4ccccc4)no3)c2)c(N=Nc2ccc(Cl)cc2)c(N)n1. The molecular weight excluding hydrogens is 466 g/mol. The minimum absolute atomic E-state index is 0.199. The molecule has 0 bridgehead atoms. The van der Waals surface area contributed by atoms with Gasteiger partial charge < -0.3 is 16.0 Å². The zero-order chi connectivity index (χ0) is 24.2. The van der Waals surface area contributed by atoms with Crippen molar-refractivity contribution in [3.8, 4) is 11.4 Å². The number of hydrogen-bond acceptors (Lipinski definition) is 9. The van der Waals surface area contributed by atoms with Gasteiger partial charge in [0.05, 0.1) is 11.9 Å². The average Bonchev–Trinajstić information content (AvgIpc) is 3.50. The molecule has 0 amide bonds. The number of azo groups is 1. The van der Waals surface area contributed by atoms with Crippen molar-refractivity contribution in [1.29, 1.82) is 0 Å². The van der Waals surface area contributed by atoms with Gasteiger partial charge in [-0.05, 0) is 41.5 Å². The van der Waals surface area contributed by atoms with Crippen molar-refractivity contribution in [2.75, 3.05) is 11.5 Å². The Labute approximate surface area is 205 Å². The molecule has 0 saturated carbocycles. The minimum Gasteiger partial charge on any atom is -0.384 e. The highest BCUT2D eigenvalue weighted by atomic mass is 35.5. The zero-order valence-corrected chi connectivity index (χ0v) is 19.2. The van der Waals surface area contributed by atoms with Crippen LogP contribution in [0.2, 0.25) is 5.02 Å². The van der Waals surface area contributed by atoms with Crippen LogP contribution in [-0.2, 0) is 13.0 Å². The quantitative estimate of drug-likeness (QED) is 0.301. The molecule has 0 spiro atoms. The van der Waals surface area contributed by atoms with Crippen LogP contribution in [0.4, 0.5) is 23.0 Å². The summed E-state index contributed by atoms with van der Waals surface area (Å²) in [5, 5.41) is 17.7. The molecule has 5 aromatic rings. The molecule has 0 fully saturated rings. The van der Waals surface area contributed by atoms with E-state index in [0.717, 1.165) is 16.7 Å². The van der Waals surface area contributed by atoms with Gasteiger partial charge in [-0.25, -0.2) is 4.98 Å². The van der Waals surface area contributed by atoms with E-state index in [4.69, 9.17) is 27.6 Å². The molecule has 0 aliphatic heterocycles. The maximum Gasteiger partial charge on any atom is 0.248 e. The van der Waals surface area contributed by atoms with Gasteiger partial charge in [-0.15, -0.1) is 5.11 Å². The lowest BCUT2D eigenvalue weighted by Gasteiger charge is -2.07. The Bertz CT molecular complexity index is 1480. The monoisotopic (exact) mass is 485 g/mol. The number of pyridine rings is 1. The van der Waals surface area contributed by atoms with Crippen molar-refractivity contribution in [2.24, 2.45) is 10.2 Å². The van der Waals surface area contributed by atoms with Gasteiger partial charge in [-0.3, -0.25) is 4.68 Å². The van der Waals surface area contributed by atoms with E-state index in [-0.39, 0.29) is 5.82 Å². The highest BCUT2D eigenvalue weighted by molar-refractivity contribution is 6.30. The molecule has 10 nitrogen and oxygen atoms in total. The maximum absolute atomic E-state index is 6.11. The van der Waals surface area contributed by atoms with Crippen LogP contribution in [0.3, 0.4) is 0 Å². The van der Waals surface area contributed by atoms with E-state index in [1.54, 1.807) is 41.2 Å². The van der Waals surface area contributed by atoms with Crippen molar-refractivity contribution in [3.05, 3.63) is 95.1 Å². The topological polar surface area (TPSA) is 146 Å². The molecule has 5 rings (SSSR count). The van der Waals surface area contributed by atoms with Gasteiger partial charge >= 0.3 is 0 Å². The van der Waals surface area contributed by atoms with Gasteiger partial charge in [0.25, 0.3) is 0 Å². The second kappa shape index (κ2) is 9.74. The first-order valence-electron chi connectivity index (χ1n) is 10.6. The molecule has 0 unspecified atom stereocenters. The van der Waals surface area contributed by atoms with E-state index in [2.05, 4.69) is 30.5 Å². The first kappa shape index (κ1) is 22.2. The fourth-order valence-electron chi connectivity index (χ4n) is 3.47. The van der Waals surface area contributed by atoms with E-state index in [0.29, 0.717) is 46.9 Å². The Morgan fingerprint density at radius 3 is 2.57 bits per heavy atom. The number of hydrogen-bond donors (Lipinski definition) is 2. The molecule has 2 aromatic carbocycles. The van der Waals surface area contributed by atoms with E-state index in [1.165, 1.54) is 0 Å². The normalized spacial score (nSPS) is 11.3. The molecule has 0 radical (unpaired) electrons. The predicted molar refractivity (Wildman–Crippen MR) is 133 cm³/mol. The van der Waals surface area contributed by atoms with Crippen LogP contribution < -0.4 is 11.5 Å². The second-order valence-corrected chi connectivity index (χ2v) is 8.15. The summed E-state index contributed by atoms with van der Waals surface area (Å²) in [7, 11) is 0. The van der Waals surface area contributed by atoms with Gasteiger partial charge in [0.1, 0.15) is 18.1 Å². The molecule has 0 atom stereocenters. The number of rotatable bonds is 7. The number of benzene rings is 2. The Kier molecular flexibility index (Phi) is 6.18. The summed E-state index contributed by atoms with van der Waals surface area (Å²) >= 11 is 5.93. The van der Waals surface area contributed by atoms with Crippen LogP contribution >= 0.6 is 11.6 Å². The van der Waals surface area contributed by atoms with Crippen LogP contribution in [0.1, 0.15) is 17.0 Å². The van der Waals surface area contributed by atoms with E-state index >= 15 is 0 Å². The number of aromatic nitrogens is 5. The molecule has 0 aliphatic carbocycles. The summed E-state index contributed by atoms with van der Waals surface area (Å²) < 4.78 is 7.11. The van der Waals surface area contributed by atoms with Crippen LogP contribution in [0.15, 0.2) is 87.8 Å². The Morgan fingerprint density at radius 2 is 1.77 bits per heavy atom. The number of nitrogens with zero attached hydrogens (tertiary/aromatic N) is 7. The van der Waals surface area contributed by atoms with Crippen molar-refractivity contribution in [3.63, 3.8) is 0 Å². The number of nitrogens with two attached hydrogens (primary N) is 2. The Hall–Kier alpha value is -4.57. The van der Waals surface area contributed by atoms with Crippen LogP contribution in [0.25, 0.3) is 11.4 Å². The summed E-state index contributed by atoms with van der Waals surface area (Å²) in [6.45, 7) is 0.337. The summed E-state index contributed by atoms with van der Waals surface area (Å²) in [6, 6.07) is 18.4. The lowest BCUT2D eigenvalue weighted by Crippen LogP contribution is -2.01. The number of anilines is 2. The summed E-state index contributed by atoms with van der Waals surface area (Å²) in [5.74, 6) is 1.49. The molecule has 174 valence electrons. The molecule has 11 heteroatoms. The van der Waals surface area contributed by atoms with Crippen LogP contribution in [0, 0.1) is 0 Å². The highest BCUT2D eigenvalue weighted by Gasteiger charge is 2.13. The Morgan fingerprint density at radius 1 is 0.971 bits per heavy atom. The second-order valence-electron chi connectivity index (χ2n) is 7.72.